The third kappa shape index (κ3) is 1.52. The molecule has 2 fully saturated rings. The molecule has 86 valence electrons. The smallest absolute Gasteiger partial charge is 0.316 e. The number of hydrogen-bond acceptors (Lipinski definition) is 1. The lowest BCUT2D eigenvalue weighted by molar-refractivity contribution is -0.137. The molecule has 1 aliphatic heterocycles. The maximum absolute atomic E-state index is 12.4. The van der Waals surface area contributed by atoms with E-state index in [1.165, 1.54) is 12.1 Å². The Labute approximate surface area is 91.7 Å². The Bertz CT molecular complexity index is 386. The van der Waals surface area contributed by atoms with Gasteiger partial charge in [-0.25, -0.2) is 0 Å². The van der Waals surface area contributed by atoms with Crippen molar-refractivity contribution >= 4 is 0 Å². The van der Waals surface area contributed by atoms with Gasteiger partial charge in [-0.3, -0.25) is 0 Å². The van der Waals surface area contributed by atoms with E-state index in [9.17, 15) is 13.2 Å². The number of hydrogen-bond donors (Lipinski definition) is 1. The van der Waals surface area contributed by atoms with Gasteiger partial charge in [0.15, 0.2) is 0 Å². The number of alkyl halides is 3. The minimum atomic E-state index is -4.22. The molecule has 1 saturated carbocycles. The topological polar surface area (TPSA) is 12.0 Å². The third-order valence-corrected chi connectivity index (χ3v) is 3.71. The maximum Gasteiger partial charge on any atom is 0.416 e. The first-order valence-corrected chi connectivity index (χ1v) is 5.45. The van der Waals surface area contributed by atoms with Crippen LogP contribution in [-0.4, -0.2) is 13.1 Å². The van der Waals surface area contributed by atoms with E-state index in [0.29, 0.717) is 17.8 Å². The van der Waals surface area contributed by atoms with Gasteiger partial charge < -0.3 is 5.32 Å². The van der Waals surface area contributed by atoms with Crippen LogP contribution in [0.3, 0.4) is 0 Å². The SMILES string of the molecule is FC(F)(F)c1ccc(C2C3CNCC32)cc1. The van der Waals surface area contributed by atoms with Crippen LogP contribution in [0.15, 0.2) is 24.3 Å². The molecule has 1 saturated heterocycles. The Morgan fingerprint density at radius 3 is 2.06 bits per heavy atom. The second kappa shape index (κ2) is 3.23. The molecule has 1 heterocycles. The van der Waals surface area contributed by atoms with Gasteiger partial charge in [-0.15, -0.1) is 0 Å². The van der Waals surface area contributed by atoms with E-state index >= 15 is 0 Å². The summed E-state index contributed by atoms with van der Waals surface area (Å²) in [5.74, 6) is 1.79. The van der Waals surface area contributed by atoms with Gasteiger partial charge in [0.25, 0.3) is 0 Å². The Morgan fingerprint density at radius 1 is 1.00 bits per heavy atom. The molecule has 0 radical (unpaired) electrons. The second-order valence-electron chi connectivity index (χ2n) is 4.63. The first-order chi connectivity index (χ1) is 7.57. The lowest BCUT2D eigenvalue weighted by Crippen LogP contribution is -2.14. The largest absolute Gasteiger partial charge is 0.416 e. The van der Waals surface area contributed by atoms with Crippen LogP contribution in [0.25, 0.3) is 0 Å². The Balaban J connectivity index is 1.79. The zero-order chi connectivity index (χ0) is 11.3. The van der Waals surface area contributed by atoms with Gasteiger partial charge in [0.1, 0.15) is 0 Å². The Kier molecular flexibility index (Phi) is 2.05. The number of halogens is 3. The predicted molar refractivity (Wildman–Crippen MR) is 54.0 cm³/mol. The molecule has 1 aromatic rings. The molecule has 0 aromatic heterocycles. The molecule has 4 heteroatoms. The summed E-state index contributed by atoms with van der Waals surface area (Å²) in [6.07, 6.45) is -4.22. The van der Waals surface area contributed by atoms with Gasteiger partial charge >= 0.3 is 6.18 Å². The van der Waals surface area contributed by atoms with Crippen molar-refractivity contribution in [2.24, 2.45) is 11.8 Å². The normalized spacial score (nSPS) is 32.6. The predicted octanol–water partition coefficient (Wildman–Crippen LogP) is 2.64. The van der Waals surface area contributed by atoms with Crippen LogP contribution >= 0.6 is 0 Å². The molecule has 2 atom stereocenters. The average Bonchev–Trinajstić information content (AvgIpc) is 2.71. The van der Waals surface area contributed by atoms with Gasteiger partial charge in [0.2, 0.25) is 0 Å². The summed E-state index contributed by atoms with van der Waals surface area (Å²) in [4.78, 5) is 0. The monoisotopic (exact) mass is 227 g/mol. The molecule has 0 bridgehead atoms. The summed E-state index contributed by atoms with van der Waals surface area (Å²) in [7, 11) is 0. The molecule has 1 aromatic carbocycles. The third-order valence-electron chi connectivity index (χ3n) is 3.71. The highest BCUT2D eigenvalue weighted by molar-refractivity contribution is 5.33. The number of rotatable bonds is 1. The maximum atomic E-state index is 12.4. The number of piperidine rings is 1. The van der Waals surface area contributed by atoms with Crippen molar-refractivity contribution in [3.8, 4) is 0 Å². The van der Waals surface area contributed by atoms with Crippen LogP contribution in [0.4, 0.5) is 13.2 Å². The Morgan fingerprint density at radius 2 is 1.56 bits per heavy atom. The zero-order valence-corrected chi connectivity index (χ0v) is 8.59. The second-order valence-corrected chi connectivity index (χ2v) is 4.63. The zero-order valence-electron chi connectivity index (χ0n) is 8.59. The van der Waals surface area contributed by atoms with Gasteiger partial charge in [-0.2, -0.15) is 13.2 Å². The van der Waals surface area contributed by atoms with Crippen LogP contribution in [0.5, 0.6) is 0 Å². The number of nitrogens with one attached hydrogen (secondary N) is 1. The van der Waals surface area contributed by atoms with Crippen molar-refractivity contribution in [1.29, 1.82) is 0 Å². The van der Waals surface area contributed by atoms with Crippen molar-refractivity contribution in [3.63, 3.8) is 0 Å². The van der Waals surface area contributed by atoms with Crippen molar-refractivity contribution < 1.29 is 13.2 Å². The van der Waals surface area contributed by atoms with Crippen LogP contribution in [0.1, 0.15) is 17.0 Å². The molecular formula is C12H12F3N. The van der Waals surface area contributed by atoms with Crippen molar-refractivity contribution in [2.75, 3.05) is 13.1 Å². The Hall–Kier alpha value is -1.03. The van der Waals surface area contributed by atoms with E-state index in [4.69, 9.17) is 0 Å². The number of fused-ring (bicyclic) bond motifs is 1. The van der Waals surface area contributed by atoms with E-state index in [1.54, 1.807) is 12.1 Å². The van der Waals surface area contributed by atoms with E-state index in [2.05, 4.69) is 5.32 Å². The standard InChI is InChI=1S/C12H12F3N/c13-12(14,15)8-3-1-7(2-4-8)11-9-5-16-6-10(9)11/h1-4,9-11,16H,5-6H2. The van der Waals surface area contributed by atoms with Crippen molar-refractivity contribution in [2.45, 2.75) is 12.1 Å². The first kappa shape index (κ1) is 10.1. The minimum Gasteiger partial charge on any atom is -0.316 e. The summed E-state index contributed by atoms with van der Waals surface area (Å²) >= 11 is 0. The van der Waals surface area contributed by atoms with E-state index in [0.717, 1.165) is 18.7 Å². The summed E-state index contributed by atoms with van der Waals surface area (Å²) in [6.45, 7) is 2.02. The van der Waals surface area contributed by atoms with Crippen LogP contribution < -0.4 is 5.32 Å². The fourth-order valence-electron chi connectivity index (χ4n) is 2.81. The van der Waals surface area contributed by atoms with E-state index < -0.39 is 11.7 Å². The quantitative estimate of drug-likeness (QED) is 0.777. The van der Waals surface area contributed by atoms with Gasteiger partial charge in [0, 0.05) is 0 Å². The fraction of sp³-hybridized carbons (Fsp3) is 0.500. The first-order valence-electron chi connectivity index (χ1n) is 5.45. The minimum absolute atomic E-state index is 0.489. The lowest BCUT2D eigenvalue weighted by atomic mass is 10.0. The number of benzene rings is 1. The van der Waals surface area contributed by atoms with E-state index in [-0.39, 0.29) is 0 Å². The van der Waals surface area contributed by atoms with Gasteiger partial charge in [-0.1, -0.05) is 12.1 Å². The molecule has 0 amide bonds. The molecule has 2 aliphatic rings. The molecule has 1 aliphatic carbocycles. The average molecular weight is 227 g/mol. The van der Waals surface area contributed by atoms with Crippen molar-refractivity contribution in [1.82, 2.24) is 5.32 Å². The van der Waals surface area contributed by atoms with E-state index in [1.807, 2.05) is 0 Å². The summed E-state index contributed by atoms with van der Waals surface area (Å²) in [6, 6.07) is 5.64. The highest BCUT2D eigenvalue weighted by Crippen LogP contribution is 2.55. The van der Waals surface area contributed by atoms with Crippen LogP contribution in [0.2, 0.25) is 0 Å². The van der Waals surface area contributed by atoms with Crippen LogP contribution in [-0.2, 0) is 6.18 Å². The fourth-order valence-corrected chi connectivity index (χ4v) is 2.81. The summed E-state index contributed by atoms with van der Waals surface area (Å²) in [5, 5.41) is 3.28. The molecule has 0 spiro atoms. The lowest BCUT2D eigenvalue weighted by Gasteiger charge is -2.08. The van der Waals surface area contributed by atoms with Crippen molar-refractivity contribution in [3.05, 3.63) is 35.4 Å². The summed E-state index contributed by atoms with van der Waals surface area (Å²) < 4.78 is 37.1. The molecular weight excluding hydrogens is 215 g/mol. The highest BCUT2D eigenvalue weighted by atomic mass is 19.4. The molecule has 1 N–H and O–H groups in total. The molecule has 1 nitrogen and oxygen atoms in total. The molecule has 3 rings (SSSR count). The van der Waals surface area contributed by atoms with Gasteiger partial charge in [-0.05, 0) is 48.5 Å². The molecule has 2 unspecified atom stereocenters. The van der Waals surface area contributed by atoms with Crippen LogP contribution in [0, 0.1) is 11.8 Å². The van der Waals surface area contributed by atoms with Gasteiger partial charge in [0.05, 0.1) is 5.56 Å². The highest BCUT2D eigenvalue weighted by Gasteiger charge is 2.53. The summed E-state index contributed by atoms with van der Waals surface area (Å²) in [5.41, 5.74) is 0.504. The molecule has 16 heavy (non-hydrogen) atoms.